The van der Waals surface area contributed by atoms with Crippen molar-refractivity contribution >= 4 is 17.7 Å². The number of hydrogen-bond acceptors (Lipinski definition) is 3. The minimum atomic E-state index is -0.803. The van der Waals surface area contributed by atoms with Gasteiger partial charge in [0.25, 0.3) is 5.91 Å². The molecule has 1 aromatic rings. The van der Waals surface area contributed by atoms with Gasteiger partial charge in [0.2, 0.25) is 0 Å². The Morgan fingerprint density at radius 1 is 1.30 bits per heavy atom. The van der Waals surface area contributed by atoms with Gasteiger partial charge in [-0.1, -0.05) is 13.3 Å². The number of aromatic nitrogens is 1. The Morgan fingerprint density at radius 3 is 2.52 bits per heavy atom. The molecule has 0 bridgehead atoms. The zero-order chi connectivity index (χ0) is 17.1. The third-order valence-electron chi connectivity index (χ3n) is 4.49. The summed E-state index contributed by atoms with van der Waals surface area (Å²) in [5.74, 6) is -1.48. The molecule has 1 heterocycles. The molecule has 1 aromatic heterocycles. The fourth-order valence-electron chi connectivity index (χ4n) is 3.44. The van der Waals surface area contributed by atoms with Crippen molar-refractivity contribution in [3.05, 3.63) is 22.5 Å². The average molecular weight is 320 g/mol. The van der Waals surface area contributed by atoms with Crippen LogP contribution in [-0.4, -0.2) is 33.8 Å². The number of aromatic amines is 1. The first-order valence-corrected chi connectivity index (χ1v) is 8.11. The molecule has 0 radical (unpaired) electrons. The molecule has 1 fully saturated rings. The molecule has 0 spiro atoms. The number of aliphatic carboxylic acids is 1. The average Bonchev–Trinajstić information content (AvgIpc) is 3.04. The molecule has 2 rings (SSSR count). The summed E-state index contributed by atoms with van der Waals surface area (Å²) in [7, 11) is 0. The molecule has 2 atom stereocenters. The molecule has 0 aliphatic heterocycles. The topological polar surface area (TPSA) is 99.3 Å². The summed E-state index contributed by atoms with van der Waals surface area (Å²) in [6.45, 7) is 5.30. The minimum absolute atomic E-state index is 0.0481. The van der Waals surface area contributed by atoms with E-state index in [1.165, 1.54) is 6.92 Å². The van der Waals surface area contributed by atoms with Gasteiger partial charge in [-0.25, -0.2) is 0 Å². The Bertz CT molecular complexity index is 633. The molecular weight excluding hydrogens is 296 g/mol. The summed E-state index contributed by atoms with van der Waals surface area (Å²) >= 11 is 0. The van der Waals surface area contributed by atoms with Crippen LogP contribution in [0.15, 0.2) is 0 Å². The summed E-state index contributed by atoms with van der Waals surface area (Å²) in [6, 6.07) is -0.123. The van der Waals surface area contributed by atoms with Gasteiger partial charge < -0.3 is 15.4 Å². The lowest BCUT2D eigenvalue weighted by Gasteiger charge is -2.13. The van der Waals surface area contributed by atoms with Crippen LogP contribution in [0.1, 0.15) is 71.6 Å². The number of carbonyl (C=O) groups is 3. The molecule has 23 heavy (non-hydrogen) atoms. The predicted octanol–water partition coefficient (Wildman–Crippen LogP) is 2.46. The van der Waals surface area contributed by atoms with Gasteiger partial charge in [-0.15, -0.1) is 0 Å². The molecule has 3 N–H and O–H groups in total. The highest BCUT2D eigenvalue weighted by Crippen LogP contribution is 2.27. The number of amides is 1. The fraction of sp³-hybridized carbons (Fsp3) is 0.588. The number of H-pyrrole nitrogens is 1. The summed E-state index contributed by atoms with van der Waals surface area (Å²) in [4.78, 5) is 38.4. The van der Waals surface area contributed by atoms with E-state index in [4.69, 9.17) is 5.11 Å². The number of ketones is 1. The van der Waals surface area contributed by atoms with E-state index in [1.807, 2.05) is 6.92 Å². The molecule has 1 amide bonds. The Balaban J connectivity index is 2.18. The number of carboxylic acid groups (broad SMARTS) is 1. The van der Waals surface area contributed by atoms with Gasteiger partial charge in [0, 0.05) is 17.3 Å². The minimum Gasteiger partial charge on any atom is -0.481 e. The molecule has 0 saturated heterocycles. The Kier molecular flexibility index (Phi) is 5.23. The summed E-state index contributed by atoms with van der Waals surface area (Å²) in [6.07, 6.45) is 3.21. The predicted molar refractivity (Wildman–Crippen MR) is 85.8 cm³/mol. The van der Waals surface area contributed by atoms with Crippen molar-refractivity contribution in [3.8, 4) is 0 Å². The second-order valence-corrected chi connectivity index (χ2v) is 6.30. The maximum atomic E-state index is 12.6. The number of Topliss-reactive ketones (excluding diaryl/α,β-unsaturated/α-hetero) is 1. The third-order valence-corrected chi connectivity index (χ3v) is 4.49. The number of hydrogen-bond donors (Lipinski definition) is 3. The Labute approximate surface area is 135 Å². The van der Waals surface area contributed by atoms with Gasteiger partial charge >= 0.3 is 5.97 Å². The quantitative estimate of drug-likeness (QED) is 0.701. The summed E-state index contributed by atoms with van der Waals surface area (Å²) in [5, 5.41) is 12.0. The van der Waals surface area contributed by atoms with Crippen LogP contribution in [0.2, 0.25) is 0 Å². The van der Waals surface area contributed by atoms with Crippen molar-refractivity contribution in [2.75, 3.05) is 0 Å². The standard InChI is InChI=1S/C17H24N2O4/c1-4-5-13-14(10(3)20)9(2)18-15(13)16(21)19-12-7-6-11(8-12)17(22)23/h11-12,18H,4-8H2,1-3H3,(H,19,21)(H,22,23)/t11-,12+/m0/s1. The molecule has 1 aliphatic rings. The lowest BCUT2D eigenvalue weighted by atomic mass is 10.0. The molecule has 6 heteroatoms. The molecular formula is C17H24N2O4. The van der Waals surface area contributed by atoms with Crippen molar-refractivity contribution in [3.63, 3.8) is 0 Å². The summed E-state index contributed by atoms with van der Waals surface area (Å²) in [5.41, 5.74) is 2.52. The van der Waals surface area contributed by atoms with Crippen LogP contribution in [0.3, 0.4) is 0 Å². The van der Waals surface area contributed by atoms with E-state index < -0.39 is 5.97 Å². The van der Waals surface area contributed by atoms with E-state index >= 15 is 0 Å². The van der Waals surface area contributed by atoms with E-state index in [0.29, 0.717) is 42.6 Å². The van der Waals surface area contributed by atoms with Crippen LogP contribution < -0.4 is 5.32 Å². The van der Waals surface area contributed by atoms with E-state index in [-0.39, 0.29) is 23.7 Å². The lowest BCUT2D eigenvalue weighted by Crippen LogP contribution is -2.34. The first-order valence-electron chi connectivity index (χ1n) is 8.11. The fourth-order valence-corrected chi connectivity index (χ4v) is 3.44. The van der Waals surface area contributed by atoms with Gasteiger partial charge in [0.1, 0.15) is 5.69 Å². The molecule has 126 valence electrons. The van der Waals surface area contributed by atoms with E-state index in [0.717, 1.165) is 12.0 Å². The van der Waals surface area contributed by atoms with Crippen molar-refractivity contribution in [2.45, 2.75) is 58.9 Å². The van der Waals surface area contributed by atoms with Crippen LogP contribution in [-0.2, 0) is 11.2 Å². The van der Waals surface area contributed by atoms with Crippen molar-refractivity contribution in [2.24, 2.45) is 5.92 Å². The zero-order valence-corrected chi connectivity index (χ0v) is 13.9. The van der Waals surface area contributed by atoms with Crippen molar-refractivity contribution < 1.29 is 19.5 Å². The molecule has 0 aromatic carbocycles. The van der Waals surface area contributed by atoms with Crippen LogP contribution in [0.25, 0.3) is 0 Å². The second-order valence-electron chi connectivity index (χ2n) is 6.30. The Hall–Kier alpha value is -2.11. The van der Waals surface area contributed by atoms with Crippen LogP contribution in [0.4, 0.5) is 0 Å². The maximum absolute atomic E-state index is 12.6. The van der Waals surface area contributed by atoms with Gasteiger partial charge in [-0.2, -0.15) is 0 Å². The number of carbonyl (C=O) groups excluding carboxylic acids is 2. The number of nitrogens with one attached hydrogen (secondary N) is 2. The van der Waals surface area contributed by atoms with E-state index in [2.05, 4.69) is 10.3 Å². The van der Waals surface area contributed by atoms with Crippen LogP contribution in [0.5, 0.6) is 0 Å². The highest BCUT2D eigenvalue weighted by atomic mass is 16.4. The number of rotatable bonds is 6. The molecule has 6 nitrogen and oxygen atoms in total. The highest BCUT2D eigenvalue weighted by Gasteiger charge is 2.31. The third kappa shape index (κ3) is 3.63. The largest absolute Gasteiger partial charge is 0.481 e. The zero-order valence-electron chi connectivity index (χ0n) is 13.9. The van der Waals surface area contributed by atoms with Gasteiger partial charge in [0.15, 0.2) is 5.78 Å². The molecule has 0 unspecified atom stereocenters. The smallest absolute Gasteiger partial charge is 0.306 e. The normalized spacial score (nSPS) is 20.5. The van der Waals surface area contributed by atoms with Gasteiger partial charge in [-0.3, -0.25) is 14.4 Å². The van der Waals surface area contributed by atoms with E-state index in [9.17, 15) is 14.4 Å². The molecule has 1 saturated carbocycles. The first-order chi connectivity index (χ1) is 10.8. The molecule has 1 aliphatic carbocycles. The first kappa shape index (κ1) is 17.2. The highest BCUT2D eigenvalue weighted by molar-refractivity contribution is 6.02. The van der Waals surface area contributed by atoms with Crippen molar-refractivity contribution in [1.29, 1.82) is 0 Å². The number of aryl methyl sites for hydroxylation is 1. The maximum Gasteiger partial charge on any atom is 0.306 e. The lowest BCUT2D eigenvalue weighted by molar-refractivity contribution is -0.141. The van der Waals surface area contributed by atoms with Crippen molar-refractivity contribution in [1.82, 2.24) is 10.3 Å². The Morgan fingerprint density at radius 2 is 2.00 bits per heavy atom. The monoisotopic (exact) mass is 320 g/mol. The van der Waals surface area contributed by atoms with Gasteiger partial charge in [0.05, 0.1) is 5.92 Å². The van der Waals surface area contributed by atoms with Crippen LogP contribution >= 0.6 is 0 Å². The van der Waals surface area contributed by atoms with E-state index in [1.54, 1.807) is 6.92 Å². The summed E-state index contributed by atoms with van der Waals surface area (Å²) < 4.78 is 0. The number of carboxylic acids is 1. The van der Waals surface area contributed by atoms with Gasteiger partial charge in [-0.05, 0) is 45.1 Å². The SMILES string of the molecule is CCCc1c(C(=O)N[C@@H]2CC[C@H](C(=O)O)C2)[nH]c(C)c1C(C)=O. The second kappa shape index (κ2) is 6.98. The van der Waals surface area contributed by atoms with Crippen LogP contribution in [0, 0.1) is 12.8 Å².